The predicted octanol–water partition coefficient (Wildman–Crippen LogP) is 3.08. The van der Waals surface area contributed by atoms with Crippen molar-refractivity contribution < 1.29 is 13.6 Å². The number of hydrogen-bond donors (Lipinski definition) is 1. The maximum absolute atomic E-state index is 13.4. The van der Waals surface area contributed by atoms with E-state index in [-0.39, 0.29) is 16.9 Å². The van der Waals surface area contributed by atoms with Gasteiger partial charge in [0.25, 0.3) is 0 Å². The zero-order chi connectivity index (χ0) is 22.4. The molecule has 7 rings (SSSR count). The minimum Gasteiger partial charge on any atom is -0.323 e. The number of aromatic amines is 1. The summed E-state index contributed by atoms with van der Waals surface area (Å²) in [6.07, 6.45) is 4.61. The highest BCUT2D eigenvalue weighted by Crippen LogP contribution is 2.56. The number of hydrogen-bond acceptors (Lipinski definition) is 4. The van der Waals surface area contributed by atoms with Crippen LogP contribution in [-0.2, 0) is 6.54 Å². The van der Waals surface area contributed by atoms with E-state index in [0.717, 1.165) is 69.8 Å². The second kappa shape index (κ2) is 6.74. The molecule has 2 aromatic rings. The second-order valence-electron chi connectivity index (χ2n) is 11.4. The number of carbonyl (C=O) groups excluding carboxylic acids is 1. The number of aromatic nitrogens is 3. The number of halogens is 2. The first kappa shape index (κ1) is 19.9. The maximum atomic E-state index is 13.4. The van der Waals surface area contributed by atoms with Gasteiger partial charge >= 0.3 is 6.03 Å². The smallest absolute Gasteiger partial charge is 0.320 e. The van der Waals surface area contributed by atoms with E-state index in [9.17, 15) is 13.6 Å². The first-order valence-corrected chi connectivity index (χ1v) is 12.0. The number of likely N-dealkylation sites (tertiary alicyclic amines) is 3. The van der Waals surface area contributed by atoms with Crippen molar-refractivity contribution in [3.05, 3.63) is 47.0 Å². The first-order chi connectivity index (χ1) is 15.9. The Bertz CT molecular complexity index is 1080. The van der Waals surface area contributed by atoms with Crippen molar-refractivity contribution in [3.8, 4) is 0 Å². The molecule has 0 bridgehead atoms. The van der Waals surface area contributed by atoms with Crippen LogP contribution in [0.3, 0.4) is 0 Å². The third kappa shape index (κ3) is 3.34. The van der Waals surface area contributed by atoms with Gasteiger partial charge in [0.05, 0.1) is 0 Å². The fourth-order valence-corrected chi connectivity index (χ4v) is 6.61. The largest absolute Gasteiger partial charge is 0.323 e. The lowest BCUT2D eigenvalue weighted by Gasteiger charge is -2.63. The van der Waals surface area contributed by atoms with Crippen LogP contribution in [0.5, 0.6) is 0 Å². The SMILES string of the molecule is O=C(N1CC2(CC(c3n[nH]c(C4CC4)n3)C2)C1)N1CC2(CN(Cc3cc(F)cc(F)c3)C2)C1. The predicted molar refractivity (Wildman–Crippen MR) is 115 cm³/mol. The van der Waals surface area contributed by atoms with E-state index in [1.165, 1.54) is 25.0 Å². The van der Waals surface area contributed by atoms with E-state index in [0.29, 0.717) is 23.9 Å². The fraction of sp³-hybridized carbons (Fsp3) is 0.625. The van der Waals surface area contributed by atoms with Crippen molar-refractivity contribution in [2.45, 2.75) is 44.1 Å². The van der Waals surface area contributed by atoms with E-state index in [1.54, 1.807) is 0 Å². The first-order valence-electron chi connectivity index (χ1n) is 12.0. The minimum absolute atomic E-state index is 0.161. The van der Waals surface area contributed by atoms with Gasteiger partial charge in [0.2, 0.25) is 0 Å². The third-order valence-corrected chi connectivity index (χ3v) is 8.30. The molecular weight excluding hydrogens is 426 g/mol. The Morgan fingerprint density at radius 3 is 2.21 bits per heavy atom. The average Bonchev–Trinajstić information content (AvgIpc) is 3.37. The molecule has 7 nitrogen and oxygen atoms in total. The Balaban J connectivity index is 0.856. The molecule has 1 aromatic heterocycles. The monoisotopic (exact) mass is 454 g/mol. The summed E-state index contributed by atoms with van der Waals surface area (Å²) in [6, 6.07) is 3.85. The lowest BCUT2D eigenvalue weighted by molar-refractivity contribution is -0.116. The van der Waals surface area contributed by atoms with E-state index in [2.05, 4.69) is 15.1 Å². The van der Waals surface area contributed by atoms with Gasteiger partial charge in [-0.3, -0.25) is 10.00 Å². The molecule has 0 atom stereocenters. The summed E-state index contributed by atoms with van der Waals surface area (Å²) in [4.78, 5) is 23.7. The number of urea groups is 1. The Kier molecular flexibility index (Phi) is 4.06. The summed E-state index contributed by atoms with van der Waals surface area (Å²) in [5.74, 6) is 1.99. The van der Waals surface area contributed by atoms with Crippen LogP contribution in [0.1, 0.15) is 54.7 Å². The molecule has 2 aliphatic carbocycles. The molecule has 0 unspecified atom stereocenters. The number of rotatable bonds is 4. The Morgan fingerprint density at radius 1 is 0.939 bits per heavy atom. The van der Waals surface area contributed by atoms with E-state index < -0.39 is 11.6 Å². The highest BCUT2D eigenvalue weighted by molar-refractivity contribution is 5.77. The lowest BCUT2D eigenvalue weighted by Crippen LogP contribution is -2.75. The highest BCUT2D eigenvalue weighted by atomic mass is 19.1. The summed E-state index contributed by atoms with van der Waals surface area (Å²) in [7, 11) is 0. The number of nitrogens with zero attached hydrogens (tertiary/aromatic N) is 5. The van der Waals surface area contributed by atoms with Crippen LogP contribution in [0.25, 0.3) is 0 Å². The number of H-pyrrole nitrogens is 1. The fourth-order valence-electron chi connectivity index (χ4n) is 6.61. The van der Waals surface area contributed by atoms with Crippen molar-refractivity contribution in [1.29, 1.82) is 0 Å². The molecule has 1 N–H and O–H groups in total. The topological polar surface area (TPSA) is 68.4 Å². The summed E-state index contributed by atoms with van der Waals surface area (Å²) in [6.45, 7) is 5.57. The molecule has 4 heterocycles. The van der Waals surface area contributed by atoms with Gasteiger partial charge in [-0.25, -0.2) is 18.6 Å². The van der Waals surface area contributed by atoms with Crippen molar-refractivity contribution >= 4 is 6.03 Å². The molecule has 0 radical (unpaired) electrons. The van der Waals surface area contributed by atoms with Crippen LogP contribution < -0.4 is 0 Å². The molecule has 174 valence electrons. The van der Waals surface area contributed by atoms with Gasteiger partial charge in [0.15, 0.2) is 5.82 Å². The van der Waals surface area contributed by atoms with Gasteiger partial charge < -0.3 is 9.80 Å². The standard InChI is InChI=1S/C24H28F2N6O/c25-18-3-15(4-19(26)5-18)8-30-9-24(10-30)13-32(14-24)22(33)31-11-23(12-31)6-17(7-23)21-27-20(28-29-21)16-1-2-16/h3-5,16-17H,1-2,6-14H2,(H,27,28,29). The summed E-state index contributed by atoms with van der Waals surface area (Å²) < 4.78 is 26.8. The second-order valence-corrected chi connectivity index (χ2v) is 11.4. The summed E-state index contributed by atoms with van der Waals surface area (Å²) in [5.41, 5.74) is 1.10. The molecule has 3 saturated heterocycles. The Morgan fingerprint density at radius 2 is 1.58 bits per heavy atom. The van der Waals surface area contributed by atoms with Crippen LogP contribution in [0, 0.1) is 22.5 Å². The zero-order valence-electron chi connectivity index (χ0n) is 18.6. The number of benzene rings is 1. The van der Waals surface area contributed by atoms with Gasteiger partial charge in [0.1, 0.15) is 17.5 Å². The Labute approximate surface area is 191 Å². The Hall–Kier alpha value is -2.55. The molecule has 1 aromatic carbocycles. The quantitative estimate of drug-likeness (QED) is 0.771. The number of amides is 2. The van der Waals surface area contributed by atoms with Crippen molar-refractivity contribution in [2.75, 3.05) is 39.3 Å². The van der Waals surface area contributed by atoms with Crippen molar-refractivity contribution in [2.24, 2.45) is 10.8 Å². The maximum Gasteiger partial charge on any atom is 0.320 e. The molecule has 33 heavy (non-hydrogen) atoms. The molecular formula is C24H28F2N6O. The number of carbonyl (C=O) groups is 1. The van der Waals surface area contributed by atoms with Crippen LogP contribution in [0.2, 0.25) is 0 Å². The highest BCUT2D eigenvalue weighted by Gasteiger charge is 2.58. The van der Waals surface area contributed by atoms with Crippen molar-refractivity contribution in [3.63, 3.8) is 0 Å². The normalized spacial score (nSPS) is 25.5. The lowest BCUT2D eigenvalue weighted by atomic mass is 9.57. The van der Waals surface area contributed by atoms with Crippen LogP contribution in [0.15, 0.2) is 18.2 Å². The molecule has 3 aliphatic heterocycles. The minimum atomic E-state index is -0.533. The average molecular weight is 455 g/mol. The molecule has 2 saturated carbocycles. The van der Waals surface area contributed by atoms with Crippen LogP contribution in [0.4, 0.5) is 13.6 Å². The molecule has 2 amide bonds. The van der Waals surface area contributed by atoms with Gasteiger partial charge in [-0.1, -0.05) is 0 Å². The van der Waals surface area contributed by atoms with E-state index >= 15 is 0 Å². The molecule has 5 aliphatic rings. The summed E-state index contributed by atoms with van der Waals surface area (Å²) in [5, 5.41) is 7.54. The summed E-state index contributed by atoms with van der Waals surface area (Å²) >= 11 is 0. The third-order valence-electron chi connectivity index (χ3n) is 8.30. The van der Waals surface area contributed by atoms with Crippen LogP contribution >= 0.6 is 0 Å². The van der Waals surface area contributed by atoms with Gasteiger partial charge in [-0.05, 0) is 43.4 Å². The molecule has 2 spiro atoms. The van der Waals surface area contributed by atoms with Crippen LogP contribution in [-0.4, -0.2) is 75.2 Å². The molecule has 9 heteroatoms. The van der Waals surface area contributed by atoms with E-state index in [1.807, 2.05) is 9.80 Å². The molecule has 5 fully saturated rings. The van der Waals surface area contributed by atoms with Crippen molar-refractivity contribution in [1.82, 2.24) is 29.9 Å². The van der Waals surface area contributed by atoms with Gasteiger partial charge in [0, 0.05) is 74.5 Å². The van der Waals surface area contributed by atoms with E-state index in [4.69, 9.17) is 4.98 Å². The van der Waals surface area contributed by atoms with Gasteiger partial charge in [-0.2, -0.15) is 5.10 Å². The number of nitrogens with one attached hydrogen (secondary N) is 1. The van der Waals surface area contributed by atoms with Gasteiger partial charge in [-0.15, -0.1) is 0 Å². The zero-order valence-corrected chi connectivity index (χ0v) is 18.6.